The van der Waals surface area contributed by atoms with Crippen LogP contribution in [0, 0.1) is 0 Å². The van der Waals surface area contributed by atoms with Crippen molar-refractivity contribution in [2.45, 2.75) is 25.4 Å². The summed E-state index contributed by atoms with van der Waals surface area (Å²) in [7, 11) is 0. The van der Waals surface area contributed by atoms with Crippen molar-refractivity contribution >= 4 is 11.6 Å². The molecule has 1 saturated heterocycles. The molecule has 1 fully saturated rings. The maximum absolute atomic E-state index is 12.1. The largest absolute Gasteiger partial charge is 0.325 e. The normalized spacial score (nSPS) is 18.8. The minimum absolute atomic E-state index is 0.00619. The highest BCUT2D eigenvalue weighted by Gasteiger charge is 2.26. The Balaban J connectivity index is 1.54. The van der Waals surface area contributed by atoms with Crippen molar-refractivity contribution in [3.8, 4) is 0 Å². The first-order chi connectivity index (χ1) is 10.3. The van der Waals surface area contributed by atoms with Gasteiger partial charge in [-0.05, 0) is 31.5 Å². The molecule has 0 bridgehead atoms. The number of hydrogen-bond donors (Lipinski definition) is 1. The molecule has 0 aromatic carbocycles. The van der Waals surface area contributed by atoms with Crippen LogP contribution >= 0.6 is 0 Å². The van der Waals surface area contributed by atoms with E-state index in [1.807, 2.05) is 4.68 Å². The predicted molar refractivity (Wildman–Crippen MR) is 77.5 cm³/mol. The Hall–Kier alpha value is -2.28. The Kier molecular flexibility index (Phi) is 4.20. The Labute approximate surface area is 123 Å². The summed E-state index contributed by atoms with van der Waals surface area (Å²) >= 11 is 0. The van der Waals surface area contributed by atoms with Gasteiger partial charge < -0.3 is 5.32 Å². The lowest BCUT2D eigenvalue weighted by molar-refractivity contribution is -0.117. The highest BCUT2D eigenvalue weighted by Crippen LogP contribution is 2.18. The Morgan fingerprint density at radius 1 is 1.33 bits per heavy atom. The van der Waals surface area contributed by atoms with Crippen LogP contribution in [0.1, 0.15) is 12.8 Å². The molecule has 2 aromatic rings. The smallest absolute Gasteiger partial charge is 0.238 e. The first-order valence-corrected chi connectivity index (χ1v) is 7.07. The SMILES string of the molecule is O=C(CN1CCCC1Cn1cncn1)Nc1ccncc1. The number of nitrogens with zero attached hydrogens (tertiary/aromatic N) is 5. The zero-order chi connectivity index (χ0) is 14.5. The number of carbonyl (C=O) groups excluding carboxylic acids is 1. The maximum Gasteiger partial charge on any atom is 0.238 e. The van der Waals surface area contributed by atoms with E-state index < -0.39 is 0 Å². The van der Waals surface area contributed by atoms with Crippen molar-refractivity contribution in [2.75, 3.05) is 18.4 Å². The molecule has 1 amide bonds. The molecule has 7 heteroatoms. The van der Waals surface area contributed by atoms with Gasteiger partial charge in [-0.2, -0.15) is 5.10 Å². The number of amides is 1. The first-order valence-electron chi connectivity index (χ1n) is 7.07. The van der Waals surface area contributed by atoms with Gasteiger partial charge in [0.15, 0.2) is 0 Å². The van der Waals surface area contributed by atoms with Gasteiger partial charge in [-0.3, -0.25) is 19.4 Å². The second kappa shape index (κ2) is 6.45. The van der Waals surface area contributed by atoms with Crippen molar-refractivity contribution in [1.29, 1.82) is 0 Å². The highest BCUT2D eigenvalue weighted by atomic mass is 16.2. The van der Waals surface area contributed by atoms with Gasteiger partial charge in [-0.25, -0.2) is 4.98 Å². The minimum atomic E-state index is 0.00619. The quantitative estimate of drug-likeness (QED) is 0.879. The van der Waals surface area contributed by atoms with E-state index in [-0.39, 0.29) is 5.91 Å². The predicted octanol–water partition coefficient (Wildman–Crippen LogP) is 0.776. The van der Waals surface area contributed by atoms with Gasteiger partial charge in [0.05, 0.1) is 13.1 Å². The summed E-state index contributed by atoms with van der Waals surface area (Å²) in [6.45, 7) is 2.13. The van der Waals surface area contributed by atoms with Gasteiger partial charge in [-0.1, -0.05) is 0 Å². The second-order valence-corrected chi connectivity index (χ2v) is 5.17. The highest BCUT2D eigenvalue weighted by molar-refractivity contribution is 5.92. The lowest BCUT2D eigenvalue weighted by Crippen LogP contribution is -2.39. The lowest BCUT2D eigenvalue weighted by Gasteiger charge is -2.23. The molecule has 1 atom stereocenters. The van der Waals surface area contributed by atoms with E-state index in [9.17, 15) is 4.79 Å². The van der Waals surface area contributed by atoms with Crippen LogP contribution < -0.4 is 5.32 Å². The number of aromatic nitrogens is 4. The summed E-state index contributed by atoms with van der Waals surface area (Å²) in [5.74, 6) is 0.00619. The molecule has 1 aliphatic rings. The van der Waals surface area contributed by atoms with E-state index in [1.54, 1.807) is 30.9 Å². The summed E-state index contributed by atoms with van der Waals surface area (Å²) in [5.41, 5.74) is 0.780. The number of hydrogen-bond acceptors (Lipinski definition) is 5. The average Bonchev–Trinajstić information content (AvgIpc) is 3.13. The fraction of sp³-hybridized carbons (Fsp3) is 0.429. The van der Waals surface area contributed by atoms with Gasteiger partial charge in [-0.15, -0.1) is 0 Å². The molecule has 110 valence electrons. The zero-order valence-electron chi connectivity index (χ0n) is 11.7. The van der Waals surface area contributed by atoms with E-state index in [4.69, 9.17) is 0 Å². The summed E-state index contributed by atoms with van der Waals surface area (Å²) in [6, 6.07) is 3.92. The third-order valence-corrected chi connectivity index (χ3v) is 3.67. The molecule has 0 saturated carbocycles. The molecule has 0 spiro atoms. The molecule has 7 nitrogen and oxygen atoms in total. The molecule has 1 N–H and O–H groups in total. The van der Waals surface area contributed by atoms with E-state index in [0.717, 1.165) is 31.6 Å². The zero-order valence-corrected chi connectivity index (χ0v) is 11.7. The van der Waals surface area contributed by atoms with E-state index in [2.05, 4.69) is 25.3 Å². The maximum atomic E-state index is 12.1. The van der Waals surface area contributed by atoms with Gasteiger partial charge in [0.2, 0.25) is 5.91 Å². The van der Waals surface area contributed by atoms with Crippen LogP contribution in [-0.2, 0) is 11.3 Å². The molecule has 1 unspecified atom stereocenters. The fourth-order valence-corrected chi connectivity index (χ4v) is 2.67. The van der Waals surface area contributed by atoms with Crippen LogP contribution in [0.4, 0.5) is 5.69 Å². The molecule has 3 rings (SSSR count). The second-order valence-electron chi connectivity index (χ2n) is 5.17. The average molecular weight is 286 g/mol. The van der Waals surface area contributed by atoms with Crippen LogP contribution in [0.3, 0.4) is 0 Å². The third-order valence-electron chi connectivity index (χ3n) is 3.67. The molecular weight excluding hydrogens is 268 g/mol. The molecule has 3 heterocycles. The first kappa shape index (κ1) is 13.7. The molecule has 21 heavy (non-hydrogen) atoms. The Morgan fingerprint density at radius 2 is 2.19 bits per heavy atom. The number of likely N-dealkylation sites (tertiary alicyclic amines) is 1. The number of rotatable bonds is 5. The summed E-state index contributed by atoms with van der Waals surface area (Å²) < 4.78 is 1.82. The fourth-order valence-electron chi connectivity index (χ4n) is 2.67. The molecule has 1 aliphatic heterocycles. The van der Waals surface area contributed by atoms with Gasteiger partial charge in [0.25, 0.3) is 0 Å². The van der Waals surface area contributed by atoms with Crippen LogP contribution in [0.2, 0.25) is 0 Å². The summed E-state index contributed by atoms with van der Waals surface area (Å²) in [6.07, 6.45) is 8.78. The Bertz CT molecular complexity index is 570. The number of pyridine rings is 1. The van der Waals surface area contributed by atoms with Crippen molar-refractivity contribution in [2.24, 2.45) is 0 Å². The van der Waals surface area contributed by atoms with E-state index in [0.29, 0.717) is 12.6 Å². The van der Waals surface area contributed by atoms with Crippen molar-refractivity contribution in [1.82, 2.24) is 24.6 Å². The van der Waals surface area contributed by atoms with E-state index >= 15 is 0 Å². The van der Waals surface area contributed by atoms with Gasteiger partial charge in [0, 0.05) is 24.1 Å². The van der Waals surface area contributed by atoms with Crippen LogP contribution in [0.25, 0.3) is 0 Å². The van der Waals surface area contributed by atoms with Crippen molar-refractivity contribution in [3.05, 3.63) is 37.2 Å². The van der Waals surface area contributed by atoms with Crippen LogP contribution in [-0.4, -0.2) is 49.7 Å². The van der Waals surface area contributed by atoms with E-state index in [1.165, 1.54) is 6.33 Å². The number of carbonyl (C=O) groups is 1. The topological polar surface area (TPSA) is 75.9 Å². The molecule has 0 radical (unpaired) electrons. The molecular formula is C14H18N6O. The van der Waals surface area contributed by atoms with Crippen molar-refractivity contribution in [3.63, 3.8) is 0 Å². The summed E-state index contributed by atoms with van der Waals surface area (Å²) in [5, 5.41) is 7.03. The van der Waals surface area contributed by atoms with Gasteiger partial charge >= 0.3 is 0 Å². The van der Waals surface area contributed by atoms with Gasteiger partial charge in [0.1, 0.15) is 12.7 Å². The number of nitrogens with one attached hydrogen (secondary N) is 1. The summed E-state index contributed by atoms with van der Waals surface area (Å²) in [4.78, 5) is 22.2. The monoisotopic (exact) mass is 286 g/mol. The number of anilines is 1. The standard InChI is InChI=1S/C14H18N6O/c21-14(18-12-3-5-15-6-4-12)9-19-7-1-2-13(19)8-20-11-16-10-17-20/h3-6,10-11,13H,1-2,7-9H2,(H,15,18,21). The van der Waals surface area contributed by atoms with Crippen LogP contribution in [0.15, 0.2) is 37.2 Å². The molecule has 2 aromatic heterocycles. The lowest BCUT2D eigenvalue weighted by atomic mass is 10.2. The third kappa shape index (κ3) is 3.63. The van der Waals surface area contributed by atoms with Crippen molar-refractivity contribution < 1.29 is 4.79 Å². The van der Waals surface area contributed by atoms with Crippen LogP contribution in [0.5, 0.6) is 0 Å². The minimum Gasteiger partial charge on any atom is -0.325 e. The Morgan fingerprint density at radius 3 is 2.95 bits per heavy atom. The molecule has 0 aliphatic carbocycles.